The Kier molecular flexibility index (Phi) is 4.90. The Morgan fingerprint density at radius 2 is 2.23 bits per heavy atom. The number of aromatic hydroxyl groups is 1. The van der Waals surface area contributed by atoms with Crippen molar-refractivity contribution in [1.29, 1.82) is 0 Å². The molecule has 0 unspecified atom stereocenters. The fourth-order valence-electron chi connectivity index (χ4n) is 1.89. The zero-order valence-electron chi connectivity index (χ0n) is 12.4. The summed E-state index contributed by atoms with van der Waals surface area (Å²) in [6, 6.07) is 6.57. The van der Waals surface area contributed by atoms with Crippen LogP contribution in [-0.2, 0) is 11.3 Å². The fourth-order valence-corrected chi connectivity index (χ4v) is 1.89. The predicted octanol–water partition coefficient (Wildman–Crippen LogP) is 1.12. The van der Waals surface area contributed by atoms with E-state index >= 15 is 0 Å². The van der Waals surface area contributed by atoms with Crippen LogP contribution in [0.5, 0.6) is 5.75 Å². The van der Waals surface area contributed by atoms with Crippen LogP contribution in [0, 0.1) is 6.92 Å². The second-order valence-corrected chi connectivity index (χ2v) is 4.98. The summed E-state index contributed by atoms with van der Waals surface area (Å²) in [4.78, 5) is 29.1. The van der Waals surface area contributed by atoms with E-state index in [9.17, 15) is 9.59 Å². The molecule has 2 aromatic heterocycles. The van der Waals surface area contributed by atoms with Crippen LogP contribution < -0.4 is 10.7 Å². The standard InChI is InChI=1S/C15H17N3O4/c1-10-4-3-5-14(16-10)17-15(21)8-18(2)7-11-6-12(19)13(20)9-22-11/h3-6,9,20H,7-8H2,1-2H3,(H,16,17,21). The van der Waals surface area contributed by atoms with E-state index in [0.29, 0.717) is 11.6 Å². The maximum atomic E-state index is 11.9. The van der Waals surface area contributed by atoms with Gasteiger partial charge in [-0.3, -0.25) is 14.5 Å². The van der Waals surface area contributed by atoms with E-state index in [1.54, 1.807) is 18.0 Å². The van der Waals surface area contributed by atoms with Crippen LogP contribution in [0.2, 0.25) is 0 Å². The van der Waals surface area contributed by atoms with Crippen molar-refractivity contribution in [2.75, 3.05) is 18.9 Å². The molecule has 0 saturated heterocycles. The van der Waals surface area contributed by atoms with Crippen molar-refractivity contribution < 1.29 is 14.3 Å². The number of rotatable bonds is 5. The first-order valence-corrected chi connectivity index (χ1v) is 6.67. The molecule has 7 nitrogen and oxygen atoms in total. The van der Waals surface area contributed by atoms with Crippen molar-refractivity contribution in [3.63, 3.8) is 0 Å². The molecular weight excluding hydrogens is 286 g/mol. The molecule has 0 atom stereocenters. The van der Waals surface area contributed by atoms with Gasteiger partial charge in [-0.2, -0.15) is 0 Å². The summed E-state index contributed by atoms with van der Waals surface area (Å²) in [6.07, 6.45) is 0.988. The zero-order valence-corrected chi connectivity index (χ0v) is 12.4. The lowest BCUT2D eigenvalue weighted by molar-refractivity contribution is -0.117. The van der Waals surface area contributed by atoms with E-state index in [0.717, 1.165) is 12.0 Å². The van der Waals surface area contributed by atoms with Gasteiger partial charge in [0.05, 0.1) is 13.1 Å². The number of likely N-dealkylation sites (N-methyl/N-ethyl adjacent to an activating group) is 1. The minimum Gasteiger partial charge on any atom is -0.502 e. The average Bonchev–Trinajstić information content (AvgIpc) is 2.42. The molecule has 2 aromatic rings. The van der Waals surface area contributed by atoms with Gasteiger partial charge < -0.3 is 14.8 Å². The van der Waals surface area contributed by atoms with Gasteiger partial charge in [-0.1, -0.05) is 6.07 Å². The third-order valence-electron chi connectivity index (χ3n) is 2.86. The molecule has 0 spiro atoms. The minimum atomic E-state index is -0.511. The van der Waals surface area contributed by atoms with E-state index in [2.05, 4.69) is 10.3 Å². The summed E-state index contributed by atoms with van der Waals surface area (Å²) in [7, 11) is 1.72. The van der Waals surface area contributed by atoms with Crippen LogP contribution in [0.3, 0.4) is 0 Å². The van der Waals surface area contributed by atoms with Gasteiger partial charge >= 0.3 is 0 Å². The molecule has 7 heteroatoms. The Morgan fingerprint density at radius 1 is 1.45 bits per heavy atom. The second-order valence-electron chi connectivity index (χ2n) is 4.98. The van der Waals surface area contributed by atoms with E-state index in [1.807, 2.05) is 19.1 Å². The van der Waals surface area contributed by atoms with Gasteiger partial charge in [0.25, 0.3) is 0 Å². The highest BCUT2D eigenvalue weighted by Gasteiger charge is 2.10. The number of aryl methyl sites for hydroxylation is 1. The number of nitrogens with zero attached hydrogens (tertiary/aromatic N) is 2. The van der Waals surface area contributed by atoms with E-state index in [-0.39, 0.29) is 19.0 Å². The van der Waals surface area contributed by atoms with Gasteiger partial charge in [-0.15, -0.1) is 0 Å². The van der Waals surface area contributed by atoms with Crippen molar-refractivity contribution in [3.8, 4) is 5.75 Å². The first kappa shape index (κ1) is 15.7. The average molecular weight is 303 g/mol. The Labute approximate surface area is 127 Å². The maximum absolute atomic E-state index is 11.9. The molecule has 0 aliphatic carbocycles. The summed E-state index contributed by atoms with van der Waals surface area (Å²) >= 11 is 0. The number of hydrogen-bond acceptors (Lipinski definition) is 6. The first-order chi connectivity index (χ1) is 10.4. The largest absolute Gasteiger partial charge is 0.502 e. The number of carbonyl (C=O) groups is 1. The first-order valence-electron chi connectivity index (χ1n) is 6.67. The zero-order chi connectivity index (χ0) is 16.1. The number of amides is 1. The van der Waals surface area contributed by atoms with Crippen LogP contribution in [0.1, 0.15) is 11.5 Å². The quantitative estimate of drug-likeness (QED) is 0.859. The highest BCUT2D eigenvalue weighted by atomic mass is 16.4. The molecule has 1 amide bonds. The number of carbonyl (C=O) groups excluding carboxylic acids is 1. The van der Waals surface area contributed by atoms with Crippen LogP contribution in [0.25, 0.3) is 0 Å². The Balaban J connectivity index is 1.91. The van der Waals surface area contributed by atoms with Gasteiger partial charge in [0.15, 0.2) is 5.75 Å². The molecular formula is C15H17N3O4. The maximum Gasteiger partial charge on any atom is 0.239 e. The number of anilines is 1. The molecule has 2 heterocycles. The molecule has 2 N–H and O–H groups in total. The Hall–Kier alpha value is -2.67. The SMILES string of the molecule is Cc1cccc(NC(=O)CN(C)Cc2cc(=O)c(O)co2)n1. The van der Waals surface area contributed by atoms with Crippen molar-refractivity contribution in [1.82, 2.24) is 9.88 Å². The third-order valence-corrected chi connectivity index (χ3v) is 2.86. The van der Waals surface area contributed by atoms with Gasteiger partial charge in [-0.25, -0.2) is 4.98 Å². The number of pyridine rings is 1. The molecule has 0 radical (unpaired) electrons. The van der Waals surface area contributed by atoms with Crippen molar-refractivity contribution >= 4 is 11.7 Å². The highest BCUT2D eigenvalue weighted by molar-refractivity contribution is 5.91. The normalized spacial score (nSPS) is 10.7. The summed E-state index contributed by atoms with van der Waals surface area (Å²) in [6.45, 7) is 2.22. The van der Waals surface area contributed by atoms with E-state index < -0.39 is 11.2 Å². The predicted molar refractivity (Wildman–Crippen MR) is 80.6 cm³/mol. The molecule has 0 bridgehead atoms. The molecule has 22 heavy (non-hydrogen) atoms. The van der Waals surface area contributed by atoms with Gasteiger partial charge in [-0.05, 0) is 26.1 Å². The Morgan fingerprint density at radius 3 is 2.91 bits per heavy atom. The van der Waals surface area contributed by atoms with Crippen LogP contribution >= 0.6 is 0 Å². The lowest BCUT2D eigenvalue weighted by atomic mass is 10.3. The van der Waals surface area contributed by atoms with Gasteiger partial charge in [0.2, 0.25) is 11.3 Å². The molecule has 0 fully saturated rings. The van der Waals surface area contributed by atoms with Gasteiger partial charge in [0, 0.05) is 11.8 Å². The van der Waals surface area contributed by atoms with Crippen LogP contribution in [-0.4, -0.2) is 34.5 Å². The highest BCUT2D eigenvalue weighted by Crippen LogP contribution is 2.07. The molecule has 0 saturated carbocycles. The second kappa shape index (κ2) is 6.86. The summed E-state index contributed by atoms with van der Waals surface area (Å²) < 4.78 is 5.09. The summed E-state index contributed by atoms with van der Waals surface area (Å²) in [5, 5.41) is 11.8. The monoisotopic (exact) mass is 303 g/mol. The minimum absolute atomic E-state index is 0.111. The number of hydrogen-bond donors (Lipinski definition) is 2. The third kappa shape index (κ3) is 4.42. The fraction of sp³-hybridized carbons (Fsp3) is 0.267. The topological polar surface area (TPSA) is 95.7 Å². The summed E-state index contributed by atoms with van der Waals surface area (Å²) in [5.41, 5.74) is 0.306. The molecule has 0 aliphatic rings. The molecule has 2 rings (SSSR count). The van der Waals surface area contributed by atoms with E-state index in [1.165, 1.54) is 6.07 Å². The molecule has 0 aromatic carbocycles. The lowest BCUT2D eigenvalue weighted by Crippen LogP contribution is -2.30. The van der Waals surface area contributed by atoms with Crippen molar-refractivity contribution in [2.24, 2.45) is 0 Å². The van der Waals surface area contributed by atoms with Crippen LogP contribution in [0.15, 0.2) is 39.7 Å². The Bertz CT molecular complexity index is 727. The van der Waals surface area contributed by atoms with Crippen molar-refractivity contribution in [3.05, 3.63) is 52.2 Å². The number of aromatic nitrogens is 1. The lowest BCUT2D eigenvalue weighted by Gasteiger charge is -2.15. The molecule has 116 valence electrons. The van der Waals surface area contributed by atoms with E-state index in [4.69, 9.17) is 9.52 Å². The smallest absolute Gasteiger partial charge is 0.239 e. The van der Waals surface area contributed by atoms with Crippen molar-refractivity contribution in [2.45, 2.75) is 13.5 Å². The van der Waals surface area contributed by atoms with Gasteiger partial charge in [0.1, 0.15) is 17.8 Å². The summed E-state index contributed by atoms with van der Waals surface area (Å²) in [5.74, 6) is 0.206. The van der Waals surface area contributed by atoms with Crippen LogP contribution in [0.4, 0.5) is 5.82 Å². The molecule has 0 aliphatic heterocycles. The number of nitrogens with one attached hydrogen (secondary N) is 1.